The number of aliphatic hydroxyl groups is 1. The quantitative estimate of drug-likeness (QED) is 0.316. The lowest BCUT2D eigenvalue weighted by molar-refractivity contribution is -0.140. The fourth-order valence-electron chi connectivity index (χ4n) is 3.77. The number of hydrogen-bond donors (Lipinski definition) is 1. The summed E-state index contributed by atoms with van der Waals surface area (Å²) in [7, 11) is 1.53. The summed E-state index contributed by atoms with van der Waals surface area (Å²) in [6.07, 6.45) is 0. The summed E-state index contributed by atoms with van der Waals surface area (Å²) in [6, 6.07) is 23.0. The molecular formula is C25H20BrNO4. The average Bonchev–Trinajstić information content (AvgIpc) is 3.04. The van der Waals surface area contributed by atoms with Gasteiger partial charge in [-0.05, 0) is 35.4 Å². The SMILES string of the molecule is COc1cccc(C(O)=C2C(=O)C(=O)N(Cc3ccccc3)C2c2cccc(Br)c2)c1. The summed E-state index contributed by atoms with van der Waals surface area (Å²) < 4.78 is 6.06. The normalized spacial score (nSPS) is 17.7. The van der Waals surface area contributed by atoms with Crippen LogP contribution in [-0.4, -0.2) is 28.8 Å². The van der Waals surface area contributed by atoms with E-state index in [1.165, 1.54) is 12.0 Å². The molecule has 156 valence electrons. The van der Waals surface area contributed by atoms with E-state index >= 15 is 0 Å². The van der Waals surface area contributed by atoms with E-state index < -0.39 is 17.7 Å². The Balaban J connectivity index is 1.87. The van der Waals surface area contributed by atoms with E-state index in [0.717, 1.165) is 15.6 Å². The van der Waals surface area contributed by atoms with Crippen LogP contribution in [0.2, 0.25) is 0 Å². The largest absolute Gasteiger partial charge is 0.507 e. The van der Waals surface area contributed by atoms with Crippen molar-refractivity contribution in [2.24, 2.45) is 0 Å². The number of methoxy groups -OCH3 is 1. The van der Waals surface area contributed by atoms with Crippen molar-refractivity contribution >= 4 is 33.4 Å². The molecule has 0 aliphatic carbocycles. The van der Waals surface area contributed by atoms with Crippen molar-refractivity contribution in [2.45, 2.75) is 12.6 Å². The van der Waals surface area contributed by atoms with Crippen LogP contribution in [0.5, 0.6) is 5.75 Å². The third-order valence-electron chi connectivity index (χ3n) is 5.24. The summed E-state index contributed by atoms with van der Waals surface area (Å²) in [6.45, 7) is 0.248. The molecule has 5 nitrogen and oxygen atoms in total. The number of rotatable bonds is 5. The van der Waals surface area contributed by atoms with Crippen molar-refractivity contribution in [3.05, 3.63) is 106 Å². The van der Waals surface area contributed by atoms with Gasteiger partial charge in [0, 0.05) is 16.6 Å². The molecule has 31 heavy (non-hydrogen) atoms. The summed E-state index contributed by atoms with van der Waals surface area (Å²) in [5.74, 6) is -1.03. The average molecular weight is 478 g/mol. The van der Waals surface area contributed by atoms with Crippen LogP contribution in [0, 0.1) is 0 Å². The number of ether oxygens (including phenoxy) is 1. The third-order valence-corrected chi connectivity index (χ3v) is 5.74. The highest BCUT2D eigenvalue weighted by Crippen LogP contribution is 2.41. The molecule has 3 aromatic rings. The van der Waals surface area contributed by atoms with Crippen LogP contribution < -0.4 is 4.74 Å². The Morgan fingerprint density at radius 1 is 1.00 bits per heavy atom. The Bertz CT molecular complexity index is 1170. The molecule has 0 bridgehead atoms. The second kappa shape index (κ2) is 8.78. The lowest BCUT2D eigenvalue weighted by atomic mass is 9.95. The number of nitrogens with zero attached hydrogens (tertiary/aromatic N) is 1. The van der Waals surface area contributed by atoms with Crippen molar-refractivity contribution in [2.75, 3.05) is 7.11 Å². The standard InChI is InChI=1S/C25H20BrNO4/c1-31-20-12-6-10-18(14-20)23(28)21-22(17-9-5-11-19(26)13-17)27(25(30)24(21)29)15-16-7-3-2-4-8-16/h2-14,22,28H,15H2,1H3. The van der Waals surface area contributed by atoms with Crippen LogP contribution in [0.15, 0.2) is 88.9 Å². The monoisotopic (exact) mass is 477 g/mol. The van der Waals surface area contributed by atoms with E-state index in [4.69, 9.17) is 4.74 Å². The topological polar surface area (TPSA) is 66.8 Å². The molecule has 1 unspecified atom stereocenters. The Kier molecular flexibility index (Phi) is 5.91. The number of Topliss-reactive ketones (excluding diaryl/α,β-unsaturated/α-hetero) is 1. The minimum Gasteiger partial charge on any atom is -0.507 e. The van der Waals surface area contributed by atoms with Crippen molar-refractivity contribution in [3.8, 4) is 5.75 Å². The summed E-state index contributed by atoms with van der Waals surface area (Å²) in [4.78, 5) is 27.6. The molecule has 1 atom stereocenters. The maximum atomic E-state index is 13.1. The van der Waals surface area contributed by atoms with E-state index in [1.54, 1.807) is 24.3 Å². The van der Waals surface area contributed by atoms with Gasteiger partial charge in [-0.25, -0.2) is 0 Å². The van der Waals surface area contributed by atoms with E-state index in [-0.39, 0.29) is 17.9 Å². The fourth-order valence-corrected chi connectivity index (χ4v) is 4.19. The van der Waals surface area contributed by atoms with Crippen LogP contribution >= 0.6 is 15.9 Å². The molecule has 1 fully saturated rings. The Morgan fingerprint density at radius 2 is 1.74 bits per heavy atom. The van der Waals surface area contributed by atoms with Crippen molar-refractivity contribution in [3.63, 3.8) is 0 Å². The minimum atomic E-state index is -0.719. The molecule has 6 heteroatoms. The fraction of sp³-hybridized carbons (Fsp3) is 0.120. The number of carbonyl (C=O) groups is 2. The maximum Gasteiger partial charge on any atom is 0.295 e. The van der Waals surface area contributed by atoms with E-state index in [1.807, 2.05) is 54.6 Å². The molecule has 1 aliphatic rings. The van der Waals surface area contributed by atoms with Gasteiger partial charge in [0.25, 0.3) is 11.7 Å². The van der Waals surface area contributed by atoms with Gasteiger partial charge < -0.3 is 14.7 Å². The molecule has 0 aromatic heterocycles. The molecule has 4 rings (SSSR count). The molecule has 3 aromatic carbocycles. The Hall–Kier alpha value is -3.38. The van der Waals surface area contributed by atoms with Gasteiger partial charge in [0.15, 0.2) is 0 Å². The first kappa shape index (κ1) is 20.9. The van der Waals surface area contributed by atoms with E-state index in [9.17, 15) is 14.7 Å². The number of halogens is 1. The van der Waals surface area contributed by atoms with Gasteiger partial charge in [0.1, 0.15) is 11.5 Å². The minimum absolute atomic E-state index is 0.0623. The number of carbonyl (C=O) groups excluding carboxylic acids is 2. The molecule has 1 amide bonds. The lowest BCUT2D eigenvalue weighted by Crippen LogP contribution is -2.29. The first-order chi connectivity index (χ1) is 15.0. The predicted molar refractivity (Wildman–Crippen MR) is 121 cm³/mol. The Labute approximate surface area is 188 Å². The van der Waals surface area contributed by atoms with E-state index in [0.29, 0.717) is 11.3 Å². The first-order valence-corrected chi connectivity index (χ1v) is 10.5. The number of ketones is 1. The molecule has 1 aliphatic heterocycles. The first-order valence-electron chi connectivity index (χ1n) is 9.72. The van der Waals surface area contributed by atoms with Gasteiger partial charge in [-0.2, -0.15) is 0 Å². The van der Waals surface area contributed by atoms with Gasteiger partial charge in [-0.1, -0.05) is 70.5 Å². The number of likely N-dealkylation sites (tertiary alicyclic amines) is 1. The van der Waals surface area contributed by atoms with Gasteiger partial charge in [0.05, 0.1) is 18.7 Å². The highest BCUT2D eigenvalue weighted by Gasteiger charge is 2.46. The van der Waals surface area contributed by atoms with Crippen LogP contribution in [0.3, 0.4) is 0 Å². The van der Waals surface area contributed by atoms with Gasteiger partial charge in [0.2, 0.25) is 0 Å². The molecule has 1 N–H and O–H groups in total. The highest BCUT2D eigenvalue weighted by molar-refractivity contribution is 9.10. The van der Waals surface area contributed by atoms with Crippen LogP contribution in [0.4, 0.5) is 0 Å². The zero-order valence-electron chi connectivity index (χ0n) is 16.8. The smallest absolute Gasteiger partial charge is 0.295 e. The number of hydrogen-bond acceptors (Lipinski definition) is 4. The van der Waals surface area contributed by atoms with Crippen molar-refractivity contribution in [1.82, 2.24) is 4.90 Å². The molecular weight excluding hydrogens is 458 g/mol. The van der Waals surface area contributed by atoms with Crippen molar-refractivity contribution < 1.29 is 19.4 Å². The van der Waals surface area contributed by atoms with E-state index in [2.05, 4.69) is 15.9 Å². The number of amides is 1. The molecule has 0 saturated carbocycles. The van der Waals surface area contributed by atoms with Crippen LogP contribution in [0.25, 0.3) is 5.76 Å². The van der Waals surface area contributed by atoms with Gasteiger partial charge in [-0.15, -0.1) is 0 Å². The summed E-state index contributed by atoms with van der Waals surface area (Å²) in [5, 5.41) is 11.1. The molecule has 0 radical (unpaired) electrons. The van der Waals surface area contributed by atoms with Gasteiger partial charge >= 0.3 is 0 Å². The summed E-state index contributed by atoms with van der Waals surface area (Å²) >= 11 is 3.46. The molecule has 1 saturated heterocycles. The summed E-state index contributed by atoms with van der Waals surface area (Å²) in [5.41, 5.74) is 2.10. The van der Waals surface area contributed by atoms with Crippen LogP contribution in [0.1, 0.15) is 22.7 Å². The second-order valence-corrected chi connectivity index (χ2v) is 8.12. The maximum absolute atomic E-state index is 13.1. The molecule has 1 heterocycles. The number of aliphatic hydroxyl groups excluding tert-OH is 1. The van der Waals surface area contributed by atoms with Crippen molar-refractivity contribution in [1.29, 1.82) is 0 Å². The lowest BCUT2D eigenvalue weighted by Gasteiger charge is -2.25. The molecule has 0 spiro atoms. The predicted octanol–water partition coefficient (Wildman–Crippen LogP) is 5.08. The zero-order valence-corrected chi connectivity index (χ0v) is 18.4. The van der Waals surface area contributed by atoms with Gasteiger partial charge in [-0.3, -0.25) is 9.59 Å². The Morgan fingerprint density at radius 3 is 2.45 bits per heavy atom. The highest BCUT2D eigenvalue weighted by atomic mass is 79.9. The second-order valence-electron chi connectivity index (χ2n) is 7.20. The van der Waals surface area contributed by atoms with Crippen LogP contribution in [-0.2, 0) is 16.1 Å². The number of benzene rings is 3. The zero-order chi connectivity index (χ0) is 22.0. The third kappa shape index (κ3) is 4.11.